The monoisotopic (exact) mass is 732 g/mol. The second-order valence-electron chi connectivity index (χ2n) is 14.5. The summed E-state index contributed by atoms with van der Waals surface area (Å²) in [5.41, 5.74) is 0.167. The van der Waals surface area contributed by atoms with E-state index in [0.717, 1.165) is 10.5 Å². The minimum Gasteiger partial charge on any atom is -0.530 e. The van der Waals surface area contributed by atoms with E-state index in [9.17, 15) is 28.2 Å². The summed E-state index contributed by atoms with van der Waals surface area (Å²) < 4.78 is 57.7. The normalized spacial score (nSPS) is 21.0. The highest BCUT2D eigenvalue weighted by atomic mass is 32.2. The first-order valence-corrected chi connectivity index (χ1v) is 19.0. The van der Waals surface area contributed by atoms with Crippen molar-refractivity contribution < 1.29 is 51.9 Å². The number of carboxylic acid groups (broad SMARTS) is 1. The van der Waals surface area contributed by atoms with Crippen LogP contribution in [0.2, 0.25) is 0 Å². The van der Waals surface area contributed by atoms with Gasteiger partial charge >= 0.3 is 6.09 Å². The molecule has 0 aromatic heterocycles. The molecule has 2 aromatic rings. The molecule has 2 aromatic carbocycles. The van der Waals surface area contributed by atoms with Crippen molar-refractivity contribution in [3.05, 3.63) is 54.1 Å². The molecule has 14 nitrogen and oxygen atoms in total. The predicted octanol–water partition coefficient (Wildman–Crippen LogP) is 3.12. The zero-order valence-electron chi connectivity index (χ0n) is 29.7. The Bertz CT molecular complexity index is 1590. The van der Waals surface area contributed by atoms with Gasteiger partial charge in [-0.2, -0.15) is 4.31 Å². The third-order valence-corrected chi connectivity index (χ3v) is 11.3. The van der Waals surface area contributed by atoms with Crippen molar-refractivity contribution in [3.8, 4) is 11.5 Å². The summed E-state index contributed by atoms with van der Waals surface area (Å²) in [6, 6.07) is 11.7. The van der Waals surface area contributed by atoms with E-state index in [-0.39, 0.29) is 55.6 Å². The Morgan fingerprint density at radius 3 is 2.55 bits per heavy atom. The molecule has 5 atom stereocenters. The van der Waals surface area contributed by atoms with Crippen LogP contribution in [0.1, 0.15) is 58.9 Å². The molecular formula is C36H50N3O11S-. The number of aliphatic hydroxyl groups excluding tert-OH is 1. The zero-order chi connectivity index (χ0) is 36.8. The van der Waals surface area contributed by atoms with Gasteiger partial charge in [0.25, 0.3) is 0 Å². The van der Waals surface area contributed by atoms with E-state index in [2.05, 4.69) is 5.32 Å². The van der Waals surface area contributed by atoms with Gasteiger partial charge in [0.2, 0.25) is 16.8 Å². The van der Waals surface area contributed by atoms with Gasteiger partial charge in [-0.25, -0.2) is 13.2 Å². The molecule has 3 aliphatic rings. The highest BCUT2D eigenvalue weighted by Gasteiger charge is 2.47. The Morgan fingerprint density at radius 1 is 1.08 bits per heavy atom. The number of amides is 2. The van der Waals surface area contributed by atoms with Gasteiger partial charge in [0.1, 0.15) is 6.09 Å². The maximum Gasteiger partial charge on any atom is 0.407 e. The van der Waals surface area contributed by atoms with Crippen LogP contribution in [0.3, 0.4) is 0 Å². The number of hydrogen-bond donors (Lipinski definition) is 2. The minimum atomic E-state index is -4.26. The summed E-state index contributed by atoms with van der Waals surface area (Å²) in [4.78, 5) is 25.9. The second-order valence-corrected chi connectivity index (χ2v) is 16.4. The fourth-order valence-corrected chi connectivity index (χ4v) is 8.65. The number of sulfonamides is 1. The number of alkyl carbamates (subject to hydrolysis) is 1. The number of nitrogens with zero attached hydrogens (tertiary/aromatic N) is 2. The molecule has 2 amide bonds. The van der Waals surface area contributed by atoms with Crippen molar-refractivity contribution in [1.29, 1.82) is 0 Å². The van der Waals surface area contributed by atoms with Gasteiger partial charge in [-0.3, -0.25) is 0 Å². The number of hydrogen-bond acceptors (Lipinski definition) is 11. The van der Waals surface area contributed by atoms with Crippen molar-refractivity contribution >= 4 is 22.2 Å². The quantitative estimate of drug-likeness (QED) is 0.229. The lowest BCUT2D eigenvalue weighted by Crippen LogP contribution is -2.61. The van der Waals surface area contributed by atoms with Crippen molar-refractivity contribution in [2.45, 2.75) is 95.2 Å². The molecule has 0 unspecified atom stereocenters. The first-order chi connectivity index (χ1) is 24.2. The van der Waals surface area contributed by atoms with Crippen LogP contribution in [0.15, 0.2) is 53.4 Å². The third-order valence-electron chi connectivity index (χ3n) is 9.53. The third kappa shape index (κ3) is 9.83. The van der Waals surface area contributed by atoms with Gasteiger partial charge in [-0.15, -0.1) is 0 Å². The number of nitrogens with one attached hydrogen (secondary N) is 1. The van der Waals surface area contributed by atoms with Gasteiger partial charge in [0, 0.05) is 31.1 Å². The number of carbonyl (C=O) groups is 2. The zero-order valence-corrected chi connectivity index (χ0v) is 30.5. The van der Waals surface area contributed by atoms with Crippen molar-refractivity contribution in [1.82, 2.24) is 14.5 Å². The van der Waals surface area contributed by atoms with E-state index < -0.39 is 58.6 Å². The van der Waals surface area contributed by atoms with E-state index in [1.54, 1.807) is 0 Å². The number of carbonyl (C=O) groups excluding carboxylic acids is 2. The Balaban J connectivity index is 1.40. The molecule has 2 fully saturated rings. The average Bonchev–Trinajstić information content (AvgIpc) is 3.82. The molecule has 51 heavy (non-hydrogen) atoms. The lowest BCUT2D eigenvalue weighted by Gasteiger charge is -2.43. The molecule has 3 aliphatic heterocycles. The van der Waals surface area contributed by atoms with Crippen LogP contribution < -0.4 is 19.9 Å². The number of ether oxygens (including phenoxy) is 5. The standard InChI is InChI=1S/C36H51N3O11S/c1-24(2)37-34(41)47-16-9-8-15-36(3,4)22-38(51(44,45)26-12-13-31-32(19-26)50-23-49-31)20-30(40)28(18-25-10-6-5-7-11-25)39(35(42)43)29-21-48-33-27(29)14-17-46-33/h5-7,10-13,19,24,27-30,33,40H,8-9,14-18,20-23H2,1-4H3,(H,37,41)(H,42,43)/p-1/t27-,28-,29-,30+,33+/m0/s1. The van der Waals surface area contributed by atoms with E-state index in [4.69, 9.17) is 23.7 Å². The van der Waals surface area contributed by atoms with Crippen molar-refractivity contribution in [3.63, 3.8) is 0 Å². The second kappa shape index (κ2) is 16.8. The van der Waals surface area contributed by atoms with E-state index in [1.807, 2.05) is 58.0 Å². The number of unbranched alkanes of at least 4 members (excludes halogenated alkanes) is 1. The van der Waals surface area contributed by atoms with Crippen molar-refractivity contribution in [2.24, 2.45) is 11.3 Å². The summed E-state index contributed by atoms with van der Waals surface area (Å²) in [6.07, 6.45) is -1.50. The Morgan fingerprint density at radius 2 is 1.82 bits per heavy atom. The average molecular weight is 733 g/mol. The van der Waals surface area contributed by atoms with Crippen LogP contribution in [0.4, 0.5) is 9.59 Å². The molecule has 0 bridgehead atoms. The van der Waals surface area contributed by atoms with Gasteiger partial charge in [-0.1, -0.05) is 44.2 Å². The van der Waals surface area contributed by atoms with Crippen LogP contribution >= 0.6 is 0 Å². The molecule has 0 saturated carbocycles. The molecule has 282 valence electrons. The summed E-state index contributed by atoms with van der Waals surface area (Å²) in [7, 11) is -4.26. The molecule has 5 rings (SSSR count). The summed E-state index contributed by atoms with van der Waals surface area (Å²) >= 11 is 0. The molecule has 0 radical (unpaired) electrons. The van der Waals surface area contributed by atoms with E-state index >= 15 is 0 Å². The summed E-state index contributed by atoms with van der Waals surface area (Å²) in [6.45, 7) is 7.81. The van der Waals surface area contributed by atoms with Crippen LogP contribution in [0.25, 0.3) is 0 Å². The van der Waals surface area contributed by atoms with Gasteiger partial charge in [0.05, 0.1) is 42.9 Å². The highest BCUT2D eigenvalue weighted by Crippen LogP contribution is 2.38. The van der Waals surface area contributed by atoms with Crippen LogP contribution in [0, 0.1) is 11.3 Å². The largest absolute Gasteiger partial charge is 0.530 e. The molecule has 0 spiro atoms. The Labute approximate surface area is 300 Å². The maximum atomic E-state index is 14.5. The van der Waals surface area contributed by atoms with Gasteiger partial charge < -0.3 is 48.9 Å². The Hall–Kier alpha value is -3.63. The van der Waals surface area contributed by atoms with Crippen LogP contribution in [0.5, 0.6) is 11.5 Å². The minimum absolute atomic E-state index is 0.00395. The lowest BCUT2D eigenvalue weighted by atomic mass is 9.87. The molecule has 2 N–H and O–H groups in total. The molecular weight excluding hydrogens is 682 g/mol. The number of fused-ring (bicyclic) bond motifs is 2. The Kier molecular flexibility index (Phi) is 12.7. The van der Waals surface area contributed by atoms with Crippen molar-refractivity contribution in [2.75, 3.05) is 39.7 Å². The van der Waals surface area contributed by atoms with Gasteiger partial charge in [-0.05, 0) is 69.1 Å². The summed E-state index contributed by atoms with van der Waals surface area (Å²) in [5.74, 6) is 0.462. The lowest BCUT2D eigenvalue weighted by molar-refractivity contribution is -0.273. The molecule has 3 heterocycles. The maximum absolute atomic E-state index is 14.5. The topological polar surface area (TPSA) is 176 Å². The smallest absolute Gasteiger partial charge is 0.407 e. The SMILES string of the molecule is CC(C)NC(=O)OCCCCC(C)(C)CN(C[C@@H](O)[C@H](Cc1ccccc1)N(C(=O)[O-])[C@H]1CO[C@H]2OCC[C@H]21)S(=O)(=O)c1ccc2c(c1)OCO2. The predicted molar refractivity (Wildman–Crippen MR) is 183 cm³/mol. The van der Waals surface area contributed by atoms with E-state index in [0.29, 0.717) is 38.0 Å². The molecule has 0 aliphatic carbocycles. The number of aliphatic hydroxyl groups is 1. The van der Waals surface area contributed by atoms with Gasteiger partial charge in [0.15, 0.2) is 17.8 Å². The highest BCUT2D eigenvalue weighted by molar-refractivity contribution is 7.89. The fraction of sp³-hybridized carbons (Fsp3) is 0.611. The molecule has 15 heteroatoms. The van der Waals surface area contributed by atoms with E-state index in [1.165, 1.54) is 22.5 Å². The van der Waals surface area contributed by atoms with Crippen LogP contribution in [-0.2, 0) is 30.7 Å². The molecule has 2 saturated heterocycles. The fourth-order valence-electron chi connectivity index (χ4n) is 6.99. The van der Waals surface area contributed by atoms with Crippen LogP contribution in [-0.4, -0.2) is 105 Å². The summed E-state index contributed by atoms with van der Waals surface area (Å²) in [5, 5.41) is 27.7. The first kappa shape index (κ1) is 38.6. The first-order valence-electron chi connectivity index (χ1n) is 17.5. The number of benzene rings is 2. The number of rotatable bonds is 17.